The van der Waals surface area contributed by atoms with Crippen LogP contribution in [-0.4, -0.2) is 30.2 Å². The molecule has 2 aliphatic rings. The van der Waals surface area contributed by atoms with Gasteiger partial charge in [-0.2, -0.15) is 15.0 Å². The van der Waals surface area contributed by atoms with E-state index in [4.69, 9.17) is 4.99 Å². The standard InChI is InChI=1S/C45H32N6O4/c52-29-46-38-3-1-2-32(4-15-38)26-35-9-20-41(21-10-35)49-44-50(42-22-11-36(12-23-42)27-33-5-16-39(17-6-33)47-30-53)45(55)51(44)43-24-13-37(14-25-43)28-34-7-18-40(19-8-34)48-31-54/h2-25H,1,26-28H2. The Labute approximate surface area is 317 Å². The van der Waals surface area contributed by atoms with Crippen LogP contribution in [0.3, 0.4) is 0 Å². The van der Waals surface area contributed by atoms with Gasteiger partial charge in [0.15, 0.2) is 0 Å². The van der Waals surface area contributed by atoms with Gasteiger partial charge in [0, 0.05) is 0 Å². The third-order valence-electron chi connectivity index (χ3n) is 9.13. The molecule has 0 N–H and O–H groups in total. The molecule has 1 heterocycles. The van der Waals surface area contributed by atoms with Gasteiger partial charge in [-0.1, -0.05) is 78.9 Å². The van der Waals surface area contributed by atoms with Crippen LogP contribution in [0, 0.1) is 0 Å². The first kappa shape index (κ1) is 35.8. The number of allylic oxidation sites excluding steroid dienone is 5. The Morgan fingerprint density at radius 3 is 1.35 bits per heavy atom. The summed E-state index contributed by atoms with van der Waals surface area (Å²) < 4.78 is 0. The number of carbonyl (C=O) groups excluding carboxylic acids is 4. The van der Waals surface area contributed by atoms with E-state index in [2.05, 4.69) is 21.1 Å². The number of isocyanates is 3. The third-order valence-corrected chi connectivity index (χ3v) is 9.13. The van der Waals surface area contributed by atoms with Crippen LogP contribution in [0.4, 0.5) is 33.2 Å². The second kappa shape index (κ2) is 16.8. The fourth-order valence-corrected chi connectivity index (χ4v) is 6.32. The van der Waals surface area contributed by atoms with Crippen LogP contribution in [0.15, 0.2) is 177 Å². The van der Waals surface area contributed by atoms with E-state index in [9.17, 15) is 19.2 Å². The van der Waals surface area contributed by atoms with Crippen LogP contribution in [0.5, 0.6) is 0 Å². The molecule has 0 bridgehead atoms. The molecule has 0 aromatic heterocycles. The van der Waals surface area contributed by atoms with Crippen molar-refractivity contribution in [3.63, 3.8) is 0 Å². The molecule has 0 spiro atoms. The van der Waals surface area contributed by atoms with Crippen molar-refractivity contribution < 1.29 is 19.2 Å². The van der Waals surface area contributed by atoms with Gasteiger partial charge in [0.05, 0.1) is 34.1 Å². The lowest BCUT2D eigenvalue weighted by atomic mass is 10.0. The Morgan fingerprint density at radius 1 is 0.473 bits per heavy atom. The molecule has 55 heavy (non-hydrogen) atoms. The number of hydrogen-bond donors (Lipinski definition) is 0. The topological polar surface area (TPSA) is 124 Å². The number of benzene rings is 5. The molecule has 0 radical (unpaired) electrons. The average Bonchev–Trinajstić information content (AvgIpc) is 3.43. The fourth-order valence-electron chi connectivity index (χ4n) is 6.32. The SMILES string of the molecule is O=C=NC1=CCC=C(Cc2ccc(N=C3N(c4ccc(Cc5ccc(N=C=O)cc5)cc4)C(=O)N3c3ccc(Cc4ccc(N=C=O)cc4)cc3)cc2)C=C1. The van der Waals surface area contributed by atoms with E-state index in [1.165, 1.54) is 0 Å². The molecule has 5 aromatic carbocycles. The highest BCUT2D eigenvalue weighted by Gasteiger charge is 2.43. The Balaban J connectivity index is 1.12. The van der Waals surface area contributed by atoms with Crippen molar-refractivity contribution in [1.29, 1.82) is 0 Å². The molecule has 266 valence electrons. The molecule has 2 amide bonds. The van der Waals surface area contributed by atoms with E-state index < -0.39 is 0 Å². The van der Waals surface area contributed by atoms with Crippen LogP contribution in [0.2, 0.25) is 0 Å². The first-order valence-electron chi connectivity index (χ1n) is 17.5. The van der Waals surface area contributed by atoms with Gasteiger partial charge in [0.2, 0.25) is 24.2 Å². The molecule has 10 heteroatoms. The van der Waals surface area contributed by atoms with Gasteiger partial charge in [-0.05, 0) is 126 Å². The summed E-state index contributed by atoms with van der Waals surface area (Å²) in [6.07, 6.45) is 15.2. The number of guanidine groups is 1. The zero-order valence-corrected chi connectivity index (χ0v) is 29.5. The van der Waals surface area contributed by atoms with Crippen LogP contribution in [-0.2, 0) is 33.6 Å². The molecular formula is C45H32N6O4. The zero-order chi connectivity index (χ0) is 38.0. The minimum absolute atomic E-state index is 0.229. The summed E-state index contributed by atoms with van der Waals surface area (Å²) in [5, 5.41) is 0. The average molecular weight is 721 g/mol. The van der Waals surface area contributed by atoms with Crippen molar-refractivity contribution in [1.82, 2.24) is 0 Å². The van der Waals surface area contributed by atoms with E-state index in [0.717, 1.165) is 33.4 Å². The zero-order valence-electron chi connectivity index (χ0n) is 29.5. The Morgan fingerprint density at radius 2 is 0.891 bits per heavy atom. The van der Waals surface area contributed by atoms with Gasteiger partial charge in [0.25, 0.3) is 0 Å². The van der Waals surface area contributed by atoms with Crippen LogP contribution < -0.4 is 9.80 Å². The Kier molecular flexibility index (Phi) is 10.9. The van der Waals surface area contributed by atoms with E-state index in [0.29, 0.717) is 65.8 Å². The summed E-state index contributed by atoms with van der Waals surface area (Å²) >= 11 is 0. The molecule has 5 aromatic rings. The molecule has 1 saturated heterocycles. The number of rotatable bonds is 12. The van der Waals surface area contributed by atoms with E-state index in [1.807, 2.05) is 115 Å². The first-order chi connectivity index (χ1) is 27.0. The molecule has 1 aliphatic heterocycles. The molecule has 7 rings (SSSR count). The summed E-state index contributed by atoms with van der Waals surface area (Å²) in [5.74, 6) is 0.472. The van der Waals surface area contributed by atoms with Crippen LogP contribution >= 0.6 is 0 Å². The number of hydrogen-bond acceptors (Lipinski definition) is 8. The summed E-state index contributed by atoms with van der Waals surface area (Å²) in [7, 11) is 0. The first-order valence-corrected chi connectivity index (χ1v) is 17.5. The van der Waals surface area contributed by atoms with Crippen molar-refractivity contribution in [3.05, 3.63) is 185 Å². The Hall–Kier alpha value is -7.60. The predicted molar refractivity (Wildman–Crippen MR) is 213 cm³/mol. The van der Waals surface area contributed by atoms with E-state index in [1.54, 1.807) is 52.3 Å². The Bertz CT molecular complexity index is 2360. The maximum absolute atomic E-state index is 13.9. The van der Waals surface area contributed by atoms with Gasteiger partial charge < -0.3 is 0 Å². The van der Waals surface area contributed by atoms with Crippen molar-refractivity contribution in [3.8, 4) is 0 Å². The summed E-state index contributed by atoms with van der Waals surface area (Å²) in [4.78, 5) is 64.9. The number of urea groups is 1. The monoisotopic (exact) mass is 720 g/mol. The maximum atomic E-state index is 13.9. The summed E-state index contributed by atoms with van der Waals surface area (Å²) in [6.45, 7) is 0. The number of nitrogens with zero attached hydrogens (tertiary/aromatic N) is 6. The quantitative estimate of drug-likeness (QED) is 0.0940. The van der Waals surface area contributed by atoms with Crippen molar-refractivity contribution in [2.45, 2.75) is 25.7 Å². The number of anilines is 2. The lowest BCUT2D eigenvalue weighted by Gasteiger charge is -2.42. The normalized spacial score (nSPS) is 13.3. The second-order valence-electron chi connectivity index (χ2n) is 12.8. The van der Waals surface area contributed by atoms with Crippen molar-refractivity contribution in [2.24, 2.45) is 20.0 Å². The van der Waals surface area contributed by atoms with E-state index >= 15 is 0 Å². The summed E-state index contributed by atoms with van der Waals surface area (Å²) in [6, 6.07) is 38.1. The molecule has 0 unspecified atom stereocenters. The molecule has 10 nitrogen and oxygen atoms in total. The van der Waals surface area contributed by atoms with Gasteiger partial charge >= 0.3 is 6.03 Å². The van der Waals surface area contributed by atoms with Gasteiger partial charge in [-0.25, -0.2) is 34.0 Å². The molecule has 1 aliphatic carbocycles. The predicted octanol–water partition coefficient (Wildman–Crippen LogP) is 9.59. The van der Waals surface area contributed by atoms with E-state index in [-0.39, 0.29) is 6.03 Å². The molecule has 0 saturated carbocycles. The minimum atomic E-state index is -0.229. The third kappa shape index (κ3) is 8.72. The van der Waals surface area contributed by atoms with Crippen molar-refractivity contribution >= 4 is 58.7 Å². The largest absolute Gasteiger partial charge is 0.342 e. The smallest absolute Gasteiger partial charge is 0.247 e. The fraction of sp³-hybridized carbons (Fsp3) is 0.0889. The second-order valence-corrected chi connectivity index (χ2v) is 12.8. The summed E-state index contributed by atoms with van der Waals surface area (Å²) in [5.41, 5.74) is 10.2. The lowest BCUT2D eigenvalue weighted by molar-refractivity contribution is 0.253. The highest BCUT2D eigenvalue weighted by Crippen LogP contribution is 2.33. The molecule has 1 fully saturated rings. The number of aliphatic imine (C=N–C) groups is 4. The molecular weight excluding hydrogens is 689 g/mol. The minimum Gasteiger partial charge on any atom is -0.247 e. The van der Waals surface area contributed by atoms with Crippen molar-refractivity contribution in [2.75, 3.05) is 9.80 Å². The highest BCUT2D eigenvalue weighted by molar-refractivity contribution is 6.43. The number of amides is 2. The highest BCUT2D eigenvalue weighted by atomic mass is 16.2. The number of carbonyl (C=O) groups is 1. The van der Waals surface area contributed by atoms with Gasteiger partial charge in [-0.15, -0.1) is 0 Å². The van der Waals surface area contributed by atoms with Crippen LogP contribution in [0.1, 0.15) is 34.2 Å². The lowest BCUT2D eigenvalue weighted by Crippen LogP contribution is -2.65. The maximum Gasteiger partial charge on any atom is 0.342 e. The molecule has 0 atom stereocenters. The van der Waals surface area contributed by atoms with Crippen LogP contribution in [0.25, 0.3) is 0 Å². The van der Waals surface area contributed by atoms with Gasteiger partial charge in [0.1, 0.15) is 0 Å². The van der Waals surface area contributed by atoms with Gasteiger partial charge in [-0.3, -0.25) is 0 Å².